The average Bonchev–Trinajstić information content (AvgIpc) is 2.78. The van der Waals surface area contributed by atoms with Gasteiger partial charge in [0.05, 0.1) is 0 Å². The molecule has 0 aliphatic heterocycles. The maximum absolute atomic E-state index is 9.58. The van der Waals surface area contributed by atoms with Crippen molar-refractivity contribution >= 4 is 0 Å². The van der Waals surface area contributed by atoms with Crippen LogP contribution in [0.1, 0.15) is 32.0 Å². The summed E-state index contributed by atoms with van der Waals surface area (Å²) in [4.78, 5) is 8.21. The van der Waals surface area contributed by atoms with Gasteiger partial charge in [-0.05, 0) is 18.6 Å². The van der Waals surface area contributed by atoms with Gasteiger partial charge in [-0.15, -0.1) is 0 Å². The van der Waals surface area contributed by atoms with Crippen molar-refractivity contribution in [2.24, 2.45) is 0 Å². The van der Waals surface area contributed by atoms with Gasteiger partial charge in [-0.1, -0.05) is 19.0 Å². The van der Waals surface area contributed by atoms with E-state index in [1.54, 1.807) is 12.3 Å². The molecule has 16 heavy (non-hydrogen) atoms. The van der Waals surface area contributed by atoms with Gasteiger partial charge in [0.25, 0.3) is 5.89 Å². The number of rotatable bonds is 3. The van der Waals surface area contributed by atoms with E-state index < -0.39 is 0 Å². The first-order chi connectivity index (χ1) is 7.72. The molecule has 0 saturated heterocycles. The second kappa shape index (κ2) is 4.30. The van der Waals surface area contributed by atoms with Crippen molar-refractivity contribution in [3.8, 4) is 17.3 Å². The van der Waals surface area contributed by atoms with Crippen LogP contribution in [0.4, 0.5) is 0 Å². The van der Waals surface area contributed by atoms with Crippen molar-refractivity contribution in [2.45, 2.75) is 26.2 Å². The monoisotopic (exact) mass is 219 g/mol. The molecule has 84 valence electrons. The molecule has 5 heteroatoms. The number of aromatic nitrogens is 3. The van der Waals surface area contributed by atoms with Gasteiger partial charge < -0.3 is 9.63 Å². The summed E-state index contributed by atoms with van der Waals surface area (Å²) in [5.41, 5.74) is 0.324. The Morgan fingerprint density at radius 2 is 2.31 bits per heavy atom. The van der Waals surface area contributed by atoms with Crippen molar-refractivity contribution in [2.75, 3.05) is 0 Å². The minimum atomic E-state index is 0.0434. The second-order valence-electron chi connectivity index (χ2n) is 3.64. The number of hydrogen-bond donors (Lipinski definition) is 1. The molecule has 2 aromatic heterocycles. The van der Waals surface area contributed by atoms with E-state index in [9.17, 15) is 5.11 Å². The van der Waals surface area contributed by atoms with Crippen LogP contribution in [-0.4, -0.2) is 20.2 Å². The minimum Gasteiger partial charge on any atom is -0.505 e. The molecule has 0 radical (unpaired) electrons. The smallest absolute Gasteiger partial charge is 0.280 e. The van der Waals surface area contributed by atoms with Crippen LogP contribution in [0.15, 0.2) is 22.9 Å². The molecule has 0 spiro atoms. The Labute approximate surface area is 93.1 Å². The first kappa shape index (κ1) is 10.6. The van der Waals surface area contributed by atoms with E-state index in [1.165, 1.54) is 6.07 Å². The molecule has 5 nitrogen and oxygen atoms in total. The summed E-state index contributed by atoms with van der Waals surface area (Å²) in [5.74, 6) is 1.18. The number of pyridine rings is 1. The molecule has 2 rings (SSSR count). The lowest BCUT2D eigenvalue weighted by molar-refractivity contribution is 0.410. The van der Waals surface area contributed by atoms with E-state index >= 15 is 0 Å². The van der Waals surface area contributed by atoms with Crippen molar-refractivity contribution in [3.05, 3.63) is 24.2 Å². The van der Waals surface area contributed by atoms with Crippen molar-refractivity contribution in [1.82, 2.24) is 15.1 Å². The van der Waals surface area contributed by atoms with Crippen LogP contribution in [0.3, 0.4) is 0 Å². The summed E-state index contributed by atoms with van der Waals surface area (Å²) in [6, 6.07) is 3.18. The quantitative estimate of drug-likeness (QED) is 0.857. The van der Waals surface area contributed by atoms with E-state index in [4.69, 9.17) is 4.52 Å². The second-order valence-corrected chi connectivity index (χ2v) is 3.64. The number of aromatic hydroxyl groups is 1. The maximum atomic E-state index is 9.58. The fraction of sp³-hybridized carbons (Fsp3) is 0.364. The molecule has 0 saturated carbocycles. The topological polar surface area (TPSA) is 72.0 Å². The Morgan fingerprint density at radius 3 is 3.00 bits per heavy atom. The maximum Gasteiger partial charge on any atom is 0.280 e. The van der Waals surface area contributed by atoms with E-state index in [2.05, 4.69) is 22.0 Å². The fourth-order valence-electron chi connectivity index (χ4n) is 1.28. The highest BCUT2D eigenvalue weighted by atomic mass is 16.5. The zero-order valence-electron chi connectivity index (χ0n) is 9.21. The molecule has 2 heterocycles. The highest BCUT2D eigenvalue weighted by Crippen LogP contribution is 2.26. The lowest BCUT2D eigenvalue weighted by Gasteiger charge is -1.99. The fourth-order valence-corrected chi connectivity index (χ4v) is 1.28. The zero-order valence-corrected chi connectivity index (χ0v) is 9.21. The third-order valence-corrected chi connectivity index (χ3v) is 2.48. The van der Waals surface area contributed by atoms with Gasteiger partial charge in [0.15, 0.2) is 11.5 Å². The summed E-state index contributed by atoms with van der Waals surface area (Å²) in [6.45, 7) is 4.08. The van der Waals surface area contributed by atoms with Crippen molar-refractivity contribution < 1.29 is 9.63 Å². The third kappa shape index (κ3) is 1.88. The summed E-state index contributed by atoms with van der Waals surface area (Å²) >= 11 is 0. The first-order valence-corrected chi connectivity index (χ1v) is 5.20. The van der Waals surface area contributed by atoms with Crippen molar-refractivity contribution in [1.29, 1.82) is 0 Å². The minimum absolute atomic E-state index is 0.0434. The van der Waals surface area contributed by atoms with Gasteiger partial charge >= 0.3 is 0 Å². The number of nitrogens with zero attached hydrogens (tertiary/aromatic N) is 3. The third-order valence-electron chi connectivity index (χ3n) is 2.48. The van der Waals surface area contributed by atoms with Crippen LogP contribution in [0, 0.1) is 0 Å². The van der Waals surface area contributed by atoms with Gasteiger partial charge in [-0.3, -0.25) is 0 Å². The standard InChI is InChI=1S/C11H13N3O2/c1-3-7(2)10-13-11(16-14-10)9-8(15)5-4-6-12-9/h4-7,15H,3H2,1-2H3. The number of hydrogen-bond acceptors (Lipinski definition) is 5. The van der Waals surface area contributed by atoms with Crippen LogP contribution in [-0.2, 0) is 0 Å². The molecule has 2 aromatic rings. The van der Waals surface area contributed by atoms with E-state index in [-0.39, 0.29) is 17.6 Å². The Bertz CT molecular complexity index is 482. The molecule has 0 bridgehead atoms. The van der Waals surface area contributed by atoms with E-state index in [0.29, 0.717) is 11.5 Å². The molecule has 1 atom stereocenters. The van der Waals surface area contributed by atoms with Gasteiger partial charge in [0.2, 0.25) is 0 Å². The average molecular weight is 219 g/mol. The predicted octanol–water partition coefficient (Wildman–Crippen LogP) is 2.35. The molecule has 0 amide bonds. The van der Waals surface area contributed by atoms with Crippen LogP contribution >= 0.6 is 0 Å². The van der Waals surface area contributed by atoms with Gasteiger partial charge in [-0.25, -0.2) is 4.98 Å². The van der Waals surface area contributed by atoms with E-state index in [1.807, 2.05) is 6.92 Å². The molecular weight excluding hydrogens is 206 g/mol. The van der Waals surface area contributed by atoms with E-state index in [0.717, 1.165) is 6.42 Å². The Morgan fingerprint density at radius 1 is 1.50 bits per heavy atom. The van der Waals surface area contributed by atoms with Crippen LogP contribution in [0.2, 0.25) is 0 Å². The molecule has 0 aromatic carbocycles. The Balaban J connectivity index is 2.35. The Hall–Kier alpha value is -1.91. The van der Waals surface area contributed by atoms with Gasteiger partial charge in [0, 0.05) is 12.1 Å². The highest BCUT2D eigenvalue weighted by Gasteiger charge is 2.16. The van der Waals surface area contributed by atoms with Crippen LogP contribution in [0.25, 0.3) is 11.6 Å². The van der Waals surface area contributed by atoms with Crippen LogP contribution < -0.4 is 0 Å². The molecular formula is C11H13N3O2. The lowest BCUT2D eigenvalue weighted by Crippen LogP contribution is -1.93. The predicted molar refractivity (Wildman–Crippen MR) is 57.9 cm³/mol. The highest BCUT2D eigenvalue weighted by molar-refractivity contribution is 5.55. The Kier molecular flexibility index (Phi) is 2.85. The largest absolute Gasteiger partial charge is 0.505 e. The zero-order chi connectivity index (χ0) is 11.5. The summed E-state index contributed by atoms with van der Waals surface area (Å²) in [7, 11) is 0. The summed E-state index contributed by atoms with van der Waals surface area (Å²) in [5, 5.41) is 13.4. The summed E-state index contributed by atoms with van der Waals surface area (Å²) in [6.07, 6.45) is 2.51. The van der Waals surface area contributed by atoms with Gasteiger partial charge in [-0.2, -0.15) is 4.98 Å². The summed E-state index contributed by atoms with van der Waals surface area (Å²) < 4.78 is 5.07. The SMILES string of the molecule is CCC(C)c1noc(-c2ncccc2O)n1. The normalized spacial score (nSPS) is 12.6. The van der Waals surface area contributed by atoms with Gasteiger partial charge in [0.1, 0.15) is 5.75 Å². The first-order valence-electron chi connectivity index (χ1n) is 5.20. The lowest BCUT2D eigenvalue weighted by atomic mass is 10.1. The molecule has 0 aliphatic carbocycles. The molecule has 1 N–H and O–H groups in total. The molecule has 0 aliphatic rings. The van der Waals surface area contributed by atoms with Crippen molar-refractivity contribution in [3.63, 3.8) is 0 Å². The molecule has 1 unspecified atom stereocenters. The molecule has 0 fully saturated rings. The van der Waals surface area contributed by atoms with Crippen LogP contribution in [0.5, 0.6) is 5.75 Å².